The Labute approximate surface area is 112 Å². The van der Waals surface area contributed by atoms with E-state index in [-0.39, 0.29) is 23.9 Å². The fourth-order valence-electron chi connectivity index (χ4n) is 2.41. The predicted molar refractivity (Wildman–Crippen MR) is 69.6 cm³/mol. The van der Waals surface area contributed by atoms with Gasteiger partial charge in [-0.25, -0.2) is 4.79 Å². The third-order valence-electron chi connectivity index (χ3n) is 3.67. The molecule has 3 rings (SSSR count). The molecule has 0 aromatic heterocycles. The molecule has 1 aliphatic carbocycles. The van der Waals surface area contributed by atoms with E-state index < -0.39 is 0 Å². The van der Waals surface area contributed by atoms with E-state index in [0.29, 0.717) is 18.7 Å². The SMILES string of the molecule is O=C(OC1CCN(C(=O)C2CC2)C1)c1ccccc1. The molecule has 1 aliphatic heterocycles. The van der Waals surface area contributed by atoms with Crippen LogP contribution < -0.4 is 0 Å². The first kappa shape index (κ1) is 12.2. The van der Waals surface area contributed by atoms with Gasteiger partial charge in [0.05, 0.1) is 12.1 Å². The number of benzene rings is 1. The summed E-state index contributed by atoms with van der Waals surface area (Å²) in [4.78, 5) is 25.6. The summed E-state index contributed by atoms with van der Waals surface area (Å²) in [6.07, 6.45) is 2.63. The lowest BCUT2D eigenvalue weighted by molar-refractivity contribution is -0.131. The summed E-state index contributed by atoms with van der Waals surface area (Å²) in [6, 6.07) is 8.97. The van der Waals surface area contributed by atoms with Crippen LogP contribution in [0, 0.1) is 5.92 Å². The van der Waals surface area contributed by atoms with Crippen LogP contribution in [0.25, 0.3) is 0 Å². The third-order valence-corrected chi connectivity index (χ3v) is 3.67. The van der Waals surface area contributed by atoms with E-state index in [1.165, 1.54) is 0 Å². The smallest absolute Gasteiger partial charge is 0.338 e. The van der Waals surface area contributed by atoms with Gasteiger partial charge in [0.25, 0.3) is 0 Å². The van der Waals surface area contributed by atoms with Gasteiger partial charge in [-0.3, -0.25) is 4.79 Å². The summed E-state index contributed by atoms with van der Waals surface area (Å²) in [5.41, 5.74) is 0.564. The minimum atomic E-state index is -0.300. The highest BCUT2D eigenvalue weighted by Gasteiger charge is 2.37. The monoisotopic (exact) mass is 259 g/mol. The average Bonchev–Trinajstić information content (AvgIpc) is 3.19. The number of rotatable bonds is 3. The number of esters is 1. The zero-order chi connectivity index (χ0) is 13.2. The highest BCUT2D eigenvalue weighted by atomic mass is 16.5. The van der Waals surface area contributed by atoms with Crippen LogP contribution in [0.5, 0.6) is 0 Å². The quantitative estimate of drug-likeness (QED) is 0.778. The minimum Gasteiger partial charge on any atom is -0.457 e. The van der Waals surface area contributed by atoms with Crippen molar-refractivity contribution in [2.45, 2.75) is 25.4 Å². The summed E-state index contributed by atoms with van der Waals surface area (Å²) in [7, 11) is 0. The summed E-state index contributed by atoms with van der Waals surface area (Å²) >= 11 is 0. The number of carbonyl (C=O) groups is 2. The first-order valence-electron chi connectivity index (χ1n) is 6.79. The molecule has 0 radical (unpaired) electrons. The predicted octanol–water partition coefficient (Wildman–Crippen LogP) is 1.85. The van der Waals surface area contributed by atoms with Crippen LogP contribution in [-0.4, -0.2) is 36.0 Å². The fourth-order valence-corrected chi connectivity index (χ4v) is 2.41. The number of nitrogens with zero attached hydrogens (tertiary/aromatic N) is 1. The molecule has 1 amide bonds. The molecule has 1 saturated carbocycles. The molecule has 1 atom stereocenters. The number of hydrogen-bond donors (Lipinski definition) is 0. The summed E-state index contributed by atoms with van der Waals surface area (Å²) in [6.45, 7) is 1.26. The zero-order valence-electron chi connectivity index (χ0n) is 10.7. The van der Waals surface area contributed by atoms with Crippen molar-refractivity contribution in [1.29, 1.82) is 0 Å². The van der Waals surface area contributed by atoms with Gasteiger partial charge in [0.2, 0.25) is 5.91 Å². The largest absolute Gasteiger partial charge is 0.457 e. The Kier molecular flexibility index (Phi) is 3.23. The van der Waals surface area contributed by atoms with E-state index in [1.54, 1.807) is 12.1 Å². The Hall–Kier alpha value is -1.84. The summed E-state index contributed by atoms with van der Waals surface area (Å²) in [5, 5.41) is 0. The molecule has 4 nitrogen and oxygen atoms in total. The molecule has 0 bridgehead atoms. The molecule has 4 heteroatoms. The molecule has 1 saturated heterocycles. The van der Waals surface area contributed by atoms with Crippen LogP contribution >= 0.6 is 0 Å². The molecule has 100 valence electrons. The first-order chi connectivity index (χ1) is 9.24. The summed E-state index contributed by atoms with van der Waals surface area (Å²) in [5.74, 6) is 0.174. The molecule has 1 aromatic carbocycles. The molecule has 0 N–H and O–H groups in total. The first-order valence-corrected chi connectivity index (χ1v) is 6.79. The van der Waals surface area contributed by atoms with Crippen LogP contribution in [0.15, 0.2) is 30.3 Å². The lowest BCUT2D eigenvalue weighted by Crippen LogP contribution is -2.31. The lowest BCUT2D eigenvalue weighted by Gasteiger charge is -2.16. The zero-order valence-corrected chi connectivity index (χ0v) is 10.7. The van der Waals surface area contributed by atoms with Crippen molar-refractivity contribution in [3.63, 3.8) is 0 Å². The Balaban J connectivity index is 1.54. The number of carbonyl (C=O) groups excluding carboxylic acids is 2. The van der Waals surface area contributed by atoms with Gasteiger partial charge in [0.1, 0.15) is 6.10 Å². The molecule has 1 aromatic rings. The van der Waals surface area contributed by atoms with E-state index in [4.69, 9.17) is 4.74 Å². The van der Waals surface area contributed by atoms with Crippen molar-refractivity contribution < 1.29 is 14.3 Å². The van der Waals surface area contributed by atoms with Gasteiger partial charge in [-0.2, -0.15) is 0 Å². The topological polar surface area (TPSA) is 46.6 Å². The standard InChI is InChI=1S/C15H17NO3/c17-14(11-6-7-11)16-9-8-13(10-16)19-15(18)12-4-2-1-3-5-12/h1-5,11,13H,6-10H2. The number of hydrogen-bond acceptors (Lipinski definition) is 3. The van der Waals surface area contributed by atoms with Gasteiger partial charge in [-0.05, 0) is 25.0 Å². The van der Waals surface area contributed by atoms with Crippen molar-refractivity contribution in [2.24, 2.45) is 5.92 Å². The maximum absolute atomic E-state index is 11.9. The number of likely N-dealkylation sites (tertiary alicyclic amines) is 1. The molecular formula is C15H17NO3. The second kappa shape index (κ2) is 5.03. The highest BCUT2D eigenvalue weighted by molar-refractivity contribution is 5.89. The van der Waals surface area contributed by atoms with E-state index in [2.05, 4.69) is 0 Å². The van der Waals surface area contributed by atoms with Gasteiger partial charge < -0.3 is 9.64 Å². The van der Waals surface area contributed by atoms with Crippen molar-refractivity contribution >= 4 is 11.9 Å². The van der Waals surface area contributed by atoms with E-state index in [1.807, 2.05) is 23.1 Å². The minimum absolute atomic E-state index is 0.157. The lowest BCUT2D eigenvalue weighted by atomic mass is 10.2. The Bertz CT molecular complexity index is 481. The van der Waals surface area contributed by atoms with Crippen LogP contribution in [0.3, 0.4) is 0 Å². The normalized spacial score (nSPS) is 22.3. The van der Waals surface area contributed by atoms with Crippen LogP contribution in [0.4, 0.5) is 0 Å². The van der Waals surface area contributed by atoms with Gasteiger partial charge in [-0.15, -0.1) is 0 Å². The van der Waals surface area contributed by atoms with Crippen LogP contribution in [0.2, 0.25) is 0 Å². The van der Waals surface area contributed by atoms with Crippen LogP contribution in [-0.2, 0) is 9.53 Å². The van der Waals surface area contributed by atoms with Gasteiger partial charge in [0, 0.05) is 18.9 Å². The van der Waals surface area contributed by atoms with Crippen LogP contribution in [0.1, 0.15) is 29.6 Å². The average molecular weight is 259 g/mol. The fraction of sp³-hybridized carbons (Fsp3) is 0.467. The Morgan fingerprint density at radius 1 is 1.11 bits per heavy atom. The second-order valence-electron chi connectivity index (χ2n) is 5.24. The highest BCUT2D eigenvalue weighted by Crippen LogP contribution is 2.32. The van der Waals surface area contributed by atoms with E-state index >= 15 is 0 Å². The summed E-state index contributed by atoms with van der Waals surface area (Å²) < 4.78 is 5.45. The second-order valence-corrected chi connectivity index (χ2v) is 5.24. The number of amides is 1. The third kappa shape index (κ3) is 2.78. The molecular weight excluding hydrogens is 242 g/mol. The van der Waals surface area contributed by atoms with E-state index in [0.717, 1.165) is 19.3 Å². The van der Waals surface area contributed by atoms with Gasteiger partial charge in [-0.1, -0.05) is 18.2 Å². The van der Waals surface area contributed by atoms with E-state index in [9.17, 15) is 9.59 Å². The van der Waals surface area contributed by atoms with Crippen molar-refractivity contribution in [3.8, 4) is 0 Å². The number of ether oxygens (including phenoxy) is 1. The molecule has 2 aliphatic rings. The Morgan fingerprint density at radius 3 is 2.53 bits per heavy atom. The van der Waals surface area contributed by atoms with Crippen molar-refractivity contribution in [2.75, 3.05) is 13.1 Å². The molecule has 19 heavy (non-hydrogen) atoms. The maximum Gasteiger partial charge on any atom is 0.338 e. The molecule has 1 unspecified atom stereocenters. The van der Waals surface area contributed by atoms with Gasteiger partial charge in [0.15, 0.2) is 0 Å². The maximum atomic E-state index is 11.9. The molecule has 1 heterocycles. The van der Waals surface area contributed by atoms with Crippen molar-refractivity contribution in [1.82, 2.24) is 4.90 Å². The van der Waals surface area contributed by atoms with Gasteiger partial charge >= 0.3 is 5.97 Å². The molecule has 0 spiro atoms. The molecule has 2 fully saturated rings. The van der Waals surface area contributed by atoms with Crippen molar-refractivity contribution in [3.05, 3.63) is 35.9 Å². The Morgan fingerprint density at radius 2 is 1.84 bits per heavy atom.